The Morgan fingerprint density at radius 3 is 2.26 bits per heavy atom. The summed E-state index contributed by atoms with van der Waals surface area (Å²) < 4.78 is 37.3. The van der Waals surface area contributed by atoms with Gasteiger partial charge in [-0.1, -0.05) is 13.3 Å². The summed E-state index contributed by atoms with van der Waals surface area (Å²) in [5.41, 5.74) is 0.976. The van der Waals surface area contributed by atoms with Crippen LogP contribution in [0.5, 0.6) is 0 Å². The first-order chi connectivity index (χ1) is 8.84. The molecule has 0 atom stereocenters. The number of alkyl halides is 3. The Bertz CT molecular complexity index is 421. The van der Waals surface area contributed by atoms with Crippen molar-refractivity contribution in [1.29, 1.82) is 0 Å². The second-order valence-corrected chi connectivity index (χ2v) is 4.51. The van der Waals surface area contributed by atoms with E-state index in [2.05, 4.69) is 12.0 Å². The Morgan fingerprint density at radius 2 is 1.79 bits per heavy atom. The fourth-order valence-corrected chi connectivity index (χ4v) is 1.66. The average Bonchev–Trinajstić information content (AvgIpc) is 2.35. The first-order valence-electron chi connectivity index (χ1n) is 6.29. The van der Waals surface area contributed by atoms with Crippen LogP contribution in [0, 0.1) is 0 Å². The maximum atomic E-state index is 12.4. The summed E-state index contributed by atoms with van der Waals surface area (Å²) in [4.78, 5) is 0. The molecule has 0 spiro atoms. The van der Waals surface area contributed by atoms with Gasteiger partial charge in [-0.05, 0) is 44.0 Å². The maximum absolute atomic E-state index is 12.4. The second kappa shape index (κ2) is 6.59. The summed E-state index contributed by atoms with van der Waals surface area (Å²) >= 11 is 0. The molecule has 0 N–H and O–H groups in total. The number of hydrogen-bond acceptors (Lipinski definition) is 2. The number of benzene rings is 1. The lowest BCUT2D eigenvalue weighted by atomic mass is 10.2. The van der Waals surface area contributed by atoms with Gasteiger partial charge in [0, 0.05) is 12.8 Å². The van der Waals surface area contributed by atoms with Crippen LogP contribution in [0.4, 0.5) is 18.9 Å². The van der Waals surface area contributed by atoms with E-state index in [0.717, 1.165) is 37.1 Å². The summed E-state index contributed by atoms with van der Waals surface area (Å²) in [5, 5.41) is 5.95. The molecule has 19 heavy (non-hydrogen) atoms. The number of unbranched alkanes of at least 4 members (excludes halogenated alkanes) is 1. The van der Waals surface area contributed by atoms with Gasteiger partial charge >= 0.3 is 6.18 Å². The van der Waals surface area contributed by atoms with E-state index < -0.39 is 11.7 Å². The predicted octanol–water partition coefficient (Wildman–Crippen LogP) is 4.71. The van der Waals surface area contributed by atoms with E-state index >= 15 is 0 Å². The Hall–Kier alpha value is -1.52. The topological polar surface area (TPSA) is 15.6 Å². The zero-order valence-corrected chi connectivity index (χ0v) is 11.5. The second-order valence-electron chi connectivity index (χ2n) is 4.51. The van der Waals surface area contributed by atoms with Crippen molar-refractivity contribution in [3.05, 3.63) is 29.8 Å². The molecule has 0 aliphatic heterocycles. The fourth-order valence-electron chi connectivity index (χ4n) is 1.66. The van der Waals surface area contributed by atoms with E-state index in [1.54, 1.807) is 12.1 Å². The monoisotopic (exact) mass is 272 g/mol. The van der Waals surface area contributed by atoms with Gasteiger partial charge in [-0.25, -0.2) is 0 Å². The van der Waals surface area contributed by atoms with Crippen molar-refractivity contribution in [2.24, 2.45) is 5.10 Å². The van der Waals surface area contributed by atoms with Crippen molar-refractivity contribution in [3.63, 3.8) is 0 Å². The highest BCUT2D eigenvalue weighted by Gasteiger charge is 2.30. The van der Waals surface area contributed by atoms with Gasteiger partial charge in [-0.15, -0.1) is 0 Å². The molecule has 0 aliphatic rings. The SMILES string of the molecule is CCCC/C(C)=N\N(C)c1ccc(C(F)(F)F)cc1. The van der Waals surface area contributed by atoms with Crippen molar-refractivity contribution in [2.75, 3.05) is 12.1 Å². The highest BCUT2D eigenvalue weighted by molar-refractivity contribution is 5.82. The molecule has 1 aromatic carbocycles. The molecule has 0 aromatic heterocycles. The van der Waals surface area contributed by atoms with Crippen LogP contribution < -0.4 is 5.01 Å². The van der Waals surface area contributed by atoms with Crippen molar-refractivity contribution >= 4 is 11.4 Å². The molecule has 0 unspecified atom stereocenters. The number of hydrogen-bond donors (Lipinski definition) is 0. The summed E-state index contributed by atoms with van der Waals surface area (Å²) in [5.74, 6) is 0. The molecule has 106 valence electrons. The molecule has 0 saturated heterocycles. The Labute approximate surface area is 111 Å². The minimum absolute atomic E-state index is 0.642. The standard InChI is InChI=1S/C14H19F3N2/c1-4-5-6-11(2)18-19(3)13-9-7-12(8-10-13)14(15,16)17/h7-10H,4-6H2,1-3H3/b18-11-. The fraction of sp³-hybridized carbons (Fsp3) is 0.500. The highest BCUT2D eigenvalue weighted by Crippen LogP contribution is 2.30. The summed E-state index contributed by atoms with van der Waals surface area (Å²) in [7, 11) is 1.73. The zero-order valence-electron chi connectivity index (χ0n) is 11.5. The van der Waals surface area contributed by atoms with Crippen LogP contribution in [-0.2, 0) is 6.18 Å². The molecule has 5 heteroatoms. The average molecular weight is 272 g/mol. The molecule has 0 aliphatic carbocycles. The minimum Gasteiger partial charge on any atom is -0.269 e. The lowest BCUT2D eigenvalue weighted by Gasteiger charge is -2.15. The number of rotatable bonds is 5. The predicted molar refractivity (Wildman–Crippen MR) is 72.5 cm³/mol. The third-order valence-electron chi connectivity index (χ3n) is 2.78. The van der Waals surface area contributed by atoms with Gasteiger partial charge in [0.25, 0.3) is 0 Å². The lowest BCUT2D eigenvalue weighted by Crippen LogP contribution is -2.12. The van der Waals surface area contributed by atoms with Crippen LogP contribution in [-0.4, -0.2) is 12.8 Å². The molecule has 0 fully saturated rings. The van der Waals surface area contributed by atoms with Gasteiger partial charge < -0.3 is 0 Å². The van der Waals surface area contributed by atoms with Crippen molar-refractivity contribution < 1.29 is 13.2 Å². The number of nitrogens with zero attached hydrogens (tertiary/aromatic N) is 2. The van der Waals surface area contributed by atoms with Gasteiger partial charge in [0.2, 0.25) is 0 Å². The van der Waals surface area contributed by atoms with E-state index in [4.69, 9.17) is 0 Å². The van der Waals surface area contributed by atoms with E-state index in [1.165, 1.54) is 12.1 Å². The van der Waals surface area contributed by atoms with Gasteiger partial charge in [0.05, 0.1) is 11.3 Å². The molecule has 0 radical (unpaired) electrons. The van der Waals surface area contributed by atoms with E-state index in [0.29, 0.717) is 5.69 Å². The third-order valence-corrected chi connectivity index (χ3v) is 2.78. The number of halogens is 3. The molecular weight excluding hydrogens is 253 g/mol. The quantitative estimate of drug-likeness (QED) is 0.560. The van der Waals surface area contributed by atoms with Crippen molar-refractivity contribution in [3.8, 4) is 0 Å². The van der Waals surface area contributed by atoms with Gasteiger partial charge in [-0.3, -0.25) is 5.01 Å². The van der Waals surface area contributed by atoms with Crippen LogP contribution in [0.1, 0.15) is 38.7 Å². The minimum atomic E-state index is -4.29. The normalized spacial score (nSPS) is 12.6. The molecule has 1 aromatic rings. The molecular formula is C14H19F3N2. The Balaban J connectivity index is 2.75. The lowest BCUT2D eigenvalue weighted by molar-refractivity contribution is -0.137. The van der Waals surface area contributed by atoms with E-state index in [1.807, 2.05) is 6.92 Å². The maximum Gasteiger partial charge on any atom is 0.416 e. The zero-order chi connectivity index (χ0) is 14.5. The largest absolute Gasteiger partial charge is 0.416 e. The van der Waals surface area contributed by atoms with Crippen LogP contribution in [0.25, 0.3) is 0 Å². The summed E-state index contributed by atoms with van der Waals surface area (Å²) in [6.45, 7) is 4.03. The highest BCUT2D eigenvalue weighted by atomic mass is 19.4. The van der Waals surface area contributed by atoms with Crippen molar-refractivity contribution in [2.45, 2.75) is 39.3 Å². The Morgan fingerprint density at radius 1 is 1.21 bits per heavy atom. The van der Waals surface area contributed by atoms with Gasteiger partial charge in [0.1, 0.15) is 0 Å². The van der Waals surface area contributed by atoms with Crippen LogP contribution in [0.3, 0.4) is 0 Å². The van der Waals surface area contributed by atoms with Crippen molar-refractivity contribution in [1.82, 2.24) is 0 Å². The molecule has 0 heterocycles. The van der Waals surface area contributed by atoms with E-state index in [-0.39, 0.29) is 0 Å². The smallest absolute Gasteiger partial charge is 0.269 e. The van der Waals surface area contributed by atoms with Crippen LogP contribution in [0.2, 0.25) is 0 Å². The first-order valence-corrected chi connectivity index (χ1v) is 6.29. The molecule has 1 rings (SSSR count). The molecule has 0 amide bonds. The molecule has 0 saturated carbocycles. The van der Waals surface area contributed by atoms with E-state index in [9.17, 15) is 13.2 Å². The van der Waals surface area contributed by atoms with Crippen LogP contribution >= 0.6 is 0 Å². The number of anilines is 1. The summed E-state index contributed by atoms with van der Waals surface area (Å²) in [6, 6.07) is 5.00. The molecule has 2 nitrogen and oxygen atoms in total. The van der Waals surface area contributed by atoms with Crippen LogP contribution in [0.15, 0.2) is 29.4 Å². The third kappa shape index (κ3) is 4.93. The van der Waals surface area contributed by atoms with Gasteiger partial charge in [-0.2, -0.15) is 18.3 Å². The van der Waals surface area contributed by atoms with Gasteiger partial charge in [0.15, 0.2) is 0 Å². The molecule has 0 bridgehead atoms. The Kier molecular flexibility index (Phi) is 5.39. The number of hydrazone groups is 1. The first kappa shape index (κ1) is 15.5. The summed E-state index contributed by atoms with van der Waals surface area (Å²) in [6.07, 6.45) is -1.23.